The first-order valence-electron chi connectivity index (χ1n) is 6.60. The third-order valence-electron chi connectivity index (χ3n) is 3.77. The Morgan fingerprint density at radius 2 is 2.22 bits per heavy atom. The topological polar surface area (TPSA) is 25.2 Å². The number of furan rings is 1. The van der Waals surface area contributed by atoms with E-state index in [1.807, 2.05) is 23.9 Å². The van der Waals surface area contributed by atoms with Crippen LogP contribution in [0.3, 0.4) is 0 Å². The molecule has 1 aliphatic carbocycles. The van der Waals surface area contributed by atoms with Gasteiger partial charge in [0.1, 0.15) is 11.3 Å². The minimum Gasteiger partial charge on any atom is -0.460 e. The highest BCUT2D eigenvalue weighted by atomic mass is 32.2. The van der Waals surface area contributed by atoms with Crippen molar-refractivity contribution in [3.63, 3.8) is 0 Å². The number of rotatable bonds is 4. The predicted molar refractivity (Wildman–Crippen MR) is 78.0 cm³/mol. The summed E-state index contributed by atoms with van der Waals surface area (Å²) >= 11 is 1.99. The van der Waals surface area contributed by atoms with E-state index in [1.165, 1.54) is 24.6 Å². The maximum atomic E-state index is 5.83. The number of nitrogens with one attached hydrogen (secondary N) is 1. The zero-order valence-corrected chi connectivity index (χ0v) is 11.5. The molecule has 0 radical (unpaired) electrons. The summed E-state index contributed by atoms with van der Waals surface area (Å²) in [6, 6.07) is 11.0. The van der Waals surface area contributed by atoms with Crippen LogP contribution >= 0.6 is 11.8 Å². The fourth-order valence-corrected chi connectivity index (χ4v) is 3.76. The molecule has 2 aromatic rings. The highest BCUT2D eigenvalue weighted by Gasteiger charge is 2.25. The van der Waals surface area contributed by atoms with E-state index in [2.05, 4.69) is 29.8 Å². The van der Waals surface area contributed by atoms with Gasteiger partial charge in [-0.2, -0.15) is 11.8 Å². The molecule has 1 N–H and O–H groups in total. The summed E-state index contributed by atoms with van der Waals surface area (Å²) in [7, 11) is 0. The monoisotopic (exact) mass is 261 g/mol. The molecule has 1 fully saturated rings. The Hall–Kier alpha value is -0.930. The van der Waals surface area contributed by atoms with Gasteiger partial charge in [-0.15, -0.1) is 0 Å². The van der Waals surface area contributed by atoms with Crippen LogP contribution in [0.4, 0.5) is 0 Å². The third kappa shape index (κ3) is 2.43. The lowest BCUT2D eigenvalue weighted by molar-refractivity contribution is 0.467. The van der Waals surface area contributed by atoms with Crippen molar-refractivity contribution in [1.29, 1.82) is 0 Å². The van der Waals surface area contributed by atoms with E-state index in [-0.39, 0.29) is 0 Å². The molecule has 0 spiro atoms. The second kappa shape index (κ2) is 5.37. The Labute approximate surface area is 112 Å². The molecule has 0 aliphatic heterocycles. The fourth-order valence-electron chi connectivity index (χ4n) is 2.80. The molecule has 1 saturated carbocycles. The molecule has 1 aromatic heterocycles. The van der Waals surface area contributed by atoms with E-state index in [0.717, 1.165) is 23.1 Å². The van der Waals surface area contributed by atoms with Crippen LogP contribution in [0.5, 0.6) is 0 Å². The first kappa shape index (κ1) is 12.1. The molecule has 3 heteroatoms. The van der Waals surface area contributed by atoms with Gasteiger partial charge in [0.25, 0.3) is 0 Å². The largest absolute Gasteiger partial charge is 0.460 e. The van der Waals surface area contributed by atoms with Gasteiger partial charge in [-0.3, -0.25) is 0 Å². The van der Waals surface area contributed by atoms with E-state index < -0.39 is 0 Å². The Kier molecular flexibility index (Phi) is 3.62. The average molecular weight is 261 g/mol. The lowest BCUT2D eigenvalue weighted by Gasteiger charge is -2.18. The number of hydrogen-bond donors (Lipinski definition) is 1. The first-order valence-corrected chi connectivity index (χ1v) is 7.89. The standard InChI is InChI=1S/C15H19NOS/c1-18-15-8-4-6-13(15)16-10-12-9-11-5-2-3-7-14(11)17-12/h2-3,5,7,9,13,15-16H,4,6,8,10H2,1H3. The number of para-hydroxylation sites is 1. The van der Waals surface area contributed by atoms with Crippen LogP contribution in [0, 0.1) is 0 Å². The van der Waals surface area contributed by atoms with Crippen LogP contribution in [0.2, 0.25) is 0 Å². The summed E-state index contributed by atoms with van der Waals surface area (Å²) < 4.78 is 5.83. The van der Waals surface area contributed by atoms with Crippen molar-refractivity contribution < 1.29 is 4.42 Å². The summed E-state index contributed by atoms with van der Waals surface area (Å²) in [4.78, 5) is 0. The smallest absolute Gasteiger partial charge is 0.134 e. The van der Waals surface area contributed by atoms with Crippen molar-refractivity contribution in [2.45, 2.75) is 37.1 Å². The quantitative estimate of drug-likeness (QED) is 0.906. The van der Waals surface area contributed by atoms with Crippen molar-refractivity contribution >= 4 is 22.7 Å². The summed E-state index contributed by atoms with van der Waals surface area (Å²) in [6.45, 7) is 0.844. The normalized spacial score (nSPS) is 23.8. The van der Waals surface area contributed by atoms with Gasteiger partial charge in [0.05, 0.1) is 6.54 Å². The van der Waals surface area contributed by atoms with Crippen LogP contribution < -0.4 is 5.32 Å². The molecule has 2 atom stereocenters. The number of hydrogen-bond acceptors (Lipinski definition) is 3. The molecule has 1 aromatic carbocycles. The summed E-state index contributed by atoms with van der Waals surface area (Å²) in [6.07, 6.45) is 6.21. The minimum atomic E-state index is 0.646. The van der Waals surface area contributed by atoms with Crippen LogP contribution in [-0.2, 0) is 6.54 Å². The molecule has 0 saturated heterocycles. The number of fused-ring (bicyclic) bond motifs is 1. The summed E-state index contributed by atoms with van der Waals surface area (Å²) in [5.74, 6) is 1.04. The number of benzene rings is 1. The van der Waals surface area contributed by atoms with Gasteiger partial charge in [-0.25, -0.2) is 0 Å². The zero-order valence-electron chi connectivity index (χ0n) is 10.7. The second-order valence-corrected chi connectivity index (χ2v) is 6.02. The Balaban J connectivity index is 1.66. The van der Waals surface area contributed by atoms with Crippen LogP contribution in [0.1, 0.15) is 25.0 Å². The van der Waals surface area contributed by atoms with E-state index in [1.54, 1.807) is 0 Å². The van der Waals surface area contributed by atoms with Crippen molar-refractivity contribution in [2.24, 2.45) is 0 Å². The average Bonchev–Trinajstić information content (AvgIpc) is 3.01. The van der Waals surface area contributed by atoms with Gasteiger partial charge < -0.3 is 9.73 Å². The summed E-state index contributed by atoms with van der Waals surface area (Å²) in [5.41, 5.74) is 0.988. The van der Waals surface area contributed by atoms with Crippen molar-refractivity contribution in [3.05, 3.63) is 36.1 Å². The van der Waals surface area contributed by atoms with Gasteiger partial charge in [0.2, 0.25) is 0 Å². The van der Waals surface area contributed by atoms with Gasteiger partial charge in [-0.05, 0) is 31.2 Å². The van der Waals surface area contributed by atoms with Crippen LogP contribution in [-0.4, -0.2) is 17.5 Å². The molecular weight excluding hydrogens is 242 g/mol. The van der Waals surface area contributed by atoms with Gasteiger partial charge in [0, 0.05) is 16.7 Å². The van der Waals surface area contributed by atoms with Crippen LogP contribution in [0.25, 0.3) is 11.0 Å². The van der Waals surface area contributed by atoms with E-state index in [9.17, 15) is 0 Å². The van der Waals surface area contributed by atoms with E-state index in [4.69, 9.17) is 4.42 Å². The molecule has 2 nitrogen and oxygen atoms in total. The van der Waals surface area contributed by atoms with E-state index in [0.29, 0.717) is 6.04 Å². The molecular formula is C15H19NOS. The fraction of sp³-hybridized carbons (Fsp3) is 0.467. The maximum absolute atomic E-state index is 5.83. The van der Waals surface area contributed by atoms with Crippen LogP contribution in [0.15, 0.2) is 34.7 Å². The molecule has 1 aliphatic rings. The molecule has 96 valence electrons. The Morgan fingerprint density at radius 3 is 3.06 bits per heavy atom. The van der Waals surface area contributed by atoms with Gasteiger partial charge >= 0.3 is 0 Å². The third-order valence-corrected chi connectivity index (χ3v) is 4.94. The molecule has 0 amide bonds. The summed E-state index contributed by atoms with van der Waals surface area (Å²) in [5, 5.41) is 5.61. The SMILES string of the molecule is CSC1CCCC1NCc1cc2ccccc2o1. The lowest BCUT2D eigenvalue weighted by Crippen LogP contribution is -2.33. The van der Waals surface area contributed by atoms with Crippen molar-refractivity contribution in [3.8, 4) is 0 Å². The van der Waals surface area contributed by atoms with Crippen molar-refractivity contribution in [1.82, 2.24) is 5.32 Å². The van der Waals surface area contributed by atoms with Gasteiger partial charge in [0.15, 0.2) is 0 Å². The Morgan fingerprint density at radius 1 is 1.33 bits per heavy atom. The van der Waals surface area contributed by atoms with Crippen molar-refractivity contribution in [2.75, 3.05) is 6.26 Å². The Bertz CT molecular complexity index is 489. The second-order valence-electron chi connectivity index (χ2n) is 4.94. The predicted octanol–water partition coefficient (Wildman–Crippen LogP) is 3.81. The molecule has 2 unspecified atom stereocenters. The highest BCUT2D eigenvalue weighted by Crippen LogP contribution is 2.28. The lowest BCUT2D eigenvalue weighted by atomic mass is 10.2. The molecule has 18 heavy (non-hydrogen) atoms. The molecule has 1 heterocycles. The highest BCUT2D eigenvalue weighted by molar-refractivity contribution is 7.99. The first-order chi connectivity index (χ1) is 8.86. The minimum absolute atomic E-state index is 0.646. The number of thioether (sulfide) groups is 1. The van der Waals surface area contributed by atoms with E-state index >= 15 is 0 Å². The maximum Gasteiger partial charge on any atom is 0.134 e. The molecule has 3 rings (SSSR count). The molecule has 0 bridgehead atoms. The zero-order chi connectivity index (χ0) is 12.4. The van der Waals surface area contributed by atoms with Gasteiger partial charge in [-0.1, -0.05) is 24.6 Å².